The van der Waals surface area contributed by atoms with Gasteiger partial charge in [0.15, 0.2) is 0 Å². The molecule has 4 aromatic rings. The number of benzene rings is 2. The summed E-state index contributed by atoms with van der Waals surface area (Å²) in [6.07, 6.45) is 1.62. The summed E-state index contributed by atoms with van der Waals surface area (Å²) in [5, 5.41) is 4.53. The third-order valence-electron chi connectivity index (χ3n) is 4.40. The minimum Gasteiger partial charge on any atom is -0.494 e. The number of fused-ring (bicyclic) bond motifs is 1. The Morgan fingerprint density at radius 3 is 2.59 bits per heavy atom. The highest BCUT2D eigenvalue weighted by Gasteiger charge is 2.17. The number of nitrogens with one attached hydrogen (secondary N) is 1. The molecule has 0 radical (unpaired) electrons. The van der Waals surface area contributed by atoms with E-state index < -0.39 is 0 Å². The van der Waals surface area contributed by atoms with Gasteiger partial charge >= 0.3 is 0 Å². The molecule has 0 saturated carbocycles. The summed E-state index contributed by atoms with van der Waals surface area (Å²) >= 11 is 1.69. The second-order valence-corrected chi connectivity index (χ2v) is 7.59. The van der Waals surface area contributed by atoms with Gasteiger partial charge in [-0.15, -0.1) is 11.3 Å². The Morgan fingerprint density at radius 1 is 1.04 bits per heavy atom. The van der Waals surface area contributed by atoms with E-state index in [9.17, 15) is 0 Å². The molecule has 136 valence electrons. The molecule has 4 rings (SSSR count). The Labute approximate surface area is 162 Å². The molecule has 0 bridgehead atoms. The summed E-state index contributed by atoms with van der Waals surface area (Å²) in [5.41, 5.74) is 4.55. The molecule has 2 aromatic carbocycles. The quantitative estimate of drug-likeness (QED) is 0.457. The van der Waals surface area contributed by atoms with Gasteiger partial charge in [-0.1, -0.05) is 24.3 Å². The lowest BCUT2D eigenvalue weighted by molar-refractivity contribution is 0.340. The lowest BCUT2D eigenvalue weighted by Gasteiger charge is -2.10. The van der Waals surface area contributed by atoms with Crippen LogP contribution in [-0.4, -0.2) is 16.6 Å². The fourth-order valence-corrected chi connectivity index (χ4v) is 4.24. The van der Waals surface area contributed by atoms with Crippen LogP contribution >= 0.6 is 11.3 Å². The molecule has 4 nitrogen and oxygen atoms in total. The molecular weight excluding hydrogens is 354 g/mol. The molecule has 0 amide bonds. The molecule has 27 heavy (non-hydrogen) atoms. The van der Waals surface area contributed by atoms with Crippen molar-refractivity contribution in [1.29, 1.82) is 0 Å². The van der Waals surface area contributed by atoms with Crippen LogP contribution in [0.2, 0.25) is 0 Å². The Hall–Kier alpha value is -2.92. The standard InChI is InChI=1S/C22H21N3OS/c1-4-26-18-10-8-16(9-11-18)19-15(3)27-22-20(19)21(23-13-24-22)25-17-7-5-6-14(2)12-17/h5-13H,4H2,1-3H3,(H,23,24,25). The van der Waals surface area contributed by atoms with E-state index in [2.05, 4.69) is 59.5 Å². The van der Waals surface area contributed by atoms with E-state index in [1.165, 1.54) is 16.0 Å². The first-order valence-electron chi connectivity index (χ1n) is 8.96. The number of ether oxygens (including phenoxy) is 1. The van der Waals surface area contributed by atoms with Crippen molar-refractivity contribution in [2.45, 2.75) is 20.8 Å². The van der Waals surface area contributed by atoms with Gasteiger partial charge in [-0.25, -0.2) is 9.97 Å². The summed E-state index contributed by atoms with van der Waals surface area (Å²) < 4.78 is 5.58. The highest BCUT2D eigenvalue weighted by atomic mass is 32.1. The van der Waals surface area contributed by atoms with Crippen LogP contribution in [0.4, 0.5) is 11.5 Å². The molecule has 0 aliphatic rings. The van der Waals surface area contributed by atoms with Gasteiger partial charge in [-0.05, 0) is 56.2 Å². The van der Waals surface area contributed by atoms with E-state index in [4.69, 9.17) is 4.74 Å². The first-order chi connectivity index (χ1) is 13.2. The Morgan fingerprint density at radius 2 is 1.85 bits per heavy atom. The van der Waals surface area contributed by atoms with Crippen molar-refractivity contribution in [3.8, 4) is 16.9 Å². The summed E-state index contributed by atoms with van der Waals surface area (Å²) in [7, 11) is 0. The van der Waals surface area contributed by atoms with Crippen LogP contribution in [-0.2, 0) is 0 Å². The number of aryl methyl sites for hydroxylation is 2. The number of rotatable bonds is 5. The summed E-state index contributed by atoms with van der Waals surface area (Å²) in [4.78, 5) is 11.2. The van der Waals surface area contributed by atoms with E-state index in [0.717, 1.165) is 33.0 Å². The Balaban J connectivity index is 1.82. The predicted molar refractivity (Wildman–Crippen MR) is 113 cm³/mol. The van der Waals surface area contributed by atoms with Gasteiger partial charge in [0, 0.05) is 16.1 Å². The van der Waals surface area contributed by atoms with Crippen molar-refractivity contribution < 1.29 is 4.74 Å². The number of thiophene rings is 1. The lowest BCUT2D eigenvalue weighted by Crippen LogP contribution is -1.96. The van der Waals surface area contributed by atoms with Gasteiger partial charge in [-0.2, -0.15) is 0 Å². The van der Waals surface area contributed by atoms with Gasteiger partial charge in [0.1, 0.15) is 22.7 Å². The Bertz CT molecular complexity index is 1090. The van der Waals surface area contributed by atoms with Crippen LogP contribution in [0.1, 0.15) is 17.4 Å². The maximum atomic E-state index is 5.58. The van der Waals surface area contributed by atoms with Crippen LogP contribution in [0.25, 0.3) is 21.3 Å². The second kappa shape index (κ2) is 7.37. The van der Waals surface area contributed by atoms with Crippen molar-refractivity contribution in [3.63, 3.8) is 0 Å². The van der Waals surface area contributed by atoms with Crippen LogP contribution in [0, 0.1) is 13.8 Å². The zero-order valence-corrected chi connectivity index (χ0v) is 16.4. The molecule has 5 heteroatoms. The summed E-state index contributed by atoms with van der Waals surface area (Å²) in [6, 6.07) is 16.5. The molecule has 0 unspecified atom stereocenters. The van der Waals surface area contributed by atoms with Gasteiger partial charge < -0.3 is 10.1 Å². The second-order valence-electron chi connectivity index (χ2n) is 6.39. The molecule has 2 heterocycles. The third-order valence-corrected chi connectivity index (χ3v) is 5.41. The molecule has 0 saturated heterocycles. The van der Waals surface area contributed by atoms with Gasteiger partial charge in [0.2, 0.25) is 0 Å². The summed E-state index contributed by atoms with van der Waals surface area (Å²) in [5.74, 6) is 1.71. The first kappa shape index (κ1) is 17.5. The molecule has 0 spiro atoms. The van der Waals surface area contributed by atoms with E-state index >= 15 is 0 Å². The molecule has 1 N–H and O–H groups in total. The fraction of sp³-hybridized carbons (Fsp3) is 0.182. The van der Waals surface area contributed by atoms with Crippen molar-refractivity contribution in [1.82, 2.24) is 9.97 Å². The number of nitrogens with zero attached hydrogens (tertiary/aromatic N) is 2. The van der Waals surface area contributed by atoms with E-state index in [1.54, 1.807) is 17.7 Å². The number of aromatic nitrogens is 2. The molecule has 0 atom stereocenters. The Kier molecular flexibility index (Phi) is 4.77. The monoisotopic (exact) mass is 375 g/mol. The van der Waals surface area contributed by atoms with Crippen molar-refractivity contribution in [2.24, 2.45) is 0 Å². The minimum atomic E-state index is 0.665. The highest BCUT2D eigenvalue weighted by molar-refractivity contribution is 7.19. The lowest BCUT2D eigenvalue weighted by atomic mass is 10.0. The SMILES string of the molecule is CCOc1ccc(-c2c(C)sc3ncnc(Nc4cccc(C)c4)c23)cc1. The maximum Gasteiger partial charge on any atom is 0.143 e. The van der Waals surface area contributed by atoms with Gasteiger partial charge in [-0.3, -0.25) is 0 Å². The minimum absolute atomic E-state index is 0.665. The smallest absolute Gasteiger partial charge is 0.143 e. The van der Waals surface area contributed by atoms with Crippen LogP contribution in [0.15, 0.2) is 54.9 Å². The molecule has 0 aliphatic carbocycles. The predicted octanol–water partition coefficient (Wildman–Crippen LogP) is 6.12. The van der Waals surface area contributed by atoms with E-state index in [1.807, 2.05) is 25.1 Å². The van der Waals surface area contributed by atoms with E-state index in [0.29, 0.717) is 6.61 Å². The van der Waals surface area contributed by atoms with E-state index in [-0.39, 0.29) is 0 Å². The van der Waals surface area contributed by atoms with Crippen LogP contribution < -0.4 is 10.1 Å². The number of hydrogen-bond donors (Lipinski definition) is 1. The highest BCUT2D eigenvalue weighted by Crippen LogP contribution is 2.41. The van der Waals surface area contributed by atoms with Crippen LogP contribution in [0.5, 0.6) is 5.75 Å². The maximum absolute atomic E-state index is 5.58. The molecule has 0 aliphatic heterocycles. The molecule has 0 fully saturated rings. The van der Waals surface area contributed by atoms with Crippen molar-refractivity contribution in [3.05, 3.63) is 65.3 Å². The van der Waals surface area contributed by atoms with Crippen molar-refractivity contribution >= 4 is 33.1 Å². The average molecular weight is 375 g/mol. The topological polar surface area (TPSA) is 47.0 Å². The molecular formula is C22H21N3OS. The number of anilines is 2. The zero-order valence-electron chi connectivity index (χ0n) is 15.6. The fourth-order valence-electron chi connectivity index (χ4n) is 3.23. The average Bonchev–Trinajstić information content (AvgIpc) is 3.00. The molecule has 2 aromatic heterocycles. The van der Waals surface area contributed by atoms with Crippen LogP contribution in [0.3, 0.4) is 0 Å². The third kappa shape index (κ3) is 3.51. The first-order valence-corrected chi connectivity index (χ1v) is 9.78. The van der Waals surface area contributed by atoms with Gasteiger partial charge in [0.25, 0.3) is 0 Å². The van der Waals surface area contributed by atoms with Crippen molar-refractivity contribution in [2.75, 3.05) is 11.9 Å². The van der Waals surface area contributed by atoms with Gasteiger partial charge in [0.05, 0.1) is 12.0 Å². The summed E-state index contributed by atoms with van der Waals surface area (Å²) in [6.45, 7) is 6.87. The largest absolute Gasteiger partial charge is 0.494 e. The number of hydrogen-bond acceptors (Lipinski definition) is 5. The normalized spacial score (nSPS) is 10.9. The zero-order chi connectivity index (χ0) is 18.8.